The first-order valence-corrected chi connectivity index (χ1v) is 11.4. The minimum Gasteiger partial charge on any atom is -0.331 e. The lowest BCUT2D eigenvalue weighted by atomic mass is 10.2. The van der Waals surface area contributed by atoms with E-state index in [0.717, 1.165) is 16.6 Å². The van der Waals surface area contributed by atoms with Crippen molar-refractivity contribution in [3.63, 3.8) is 0 Å². The third-order valence-electron chi connectivity index (χ3n) is 4.94. The van der Waals surface area contributed by atoms with Gasteiger partial charge in [0.05, 0.1) is 10.2 Å². The molecule has 8 heteroatoms. The average molecular weight is 430 g/mol. The van der Waals surface area contributed by atoms with Crippen molar-refractivity contribution in [3.05, 3.63) is 41.2 Å². The number of anilines is 1. The van der Waals surface area contributed by atoms with Crippen molar-refractivity contribution in [3.8, 4) is 0 Å². The predicted molar refractivity (Wildman–Crippen MR) is 123 cm³/mol. The van der Waals surface area contributed by atoms with Gasteiger partial charge in [-0.15, -0.1) is 11.3 Å². The van der Waals surface area contributed by atoms with Crippen LogP contribution >= 0.6 is 11.3 Å². The number of carbonyl (C=O) groups excluding carboxylic acids is 2. The molecule has 2 amide bonds. The topological polar surface area (TPSA) is 80.1 Å². The van der Waals surface area contributed by atoms with Gasteiger partial charge in [-0.1, -0.05) is 27.2 Å². The van der Waals surface area contributed by atoms with Crippen molar-refractivity contribution in [2.75, 3.05) is 18.4 Å². The summed E-state index contributed by atoms with van der Waals surface area (Å²) in [5.41, 5.74) is 1.79. The highest BCUT2D eigenvalue weighted by molar-refractivity contribution is 7.19. The van der Waals surface area contributed by atoms with E-state index < -0.39 is 0 Å². The Kier molecular flexibility index (Phi) is 7.20. The Morgan fingerprint density at radius 1 is 1.30 bits per heavy atom. The molecule has 7 nitrogen and oxygen atoms in total. The van der Waals surface area contributed by atoms with Crippen LogP contribution in [0.4, 0.5) is 5.95 Å². The van der Waals surface area contributed by atoms with Gasteiger partial charge in [-0.25, -0.2) is 9.97 Å². The summed E-state index contributed by atoms with van der Waals surface area (Å²) in [6, 6.07) is 5.98. The van der Waals surface area contributed by atoms with Crippen LogP contribution in [0.1, 0.15) is 63.4 Å². The molecule has 0 aliphatic carbocycles. The Bertz CT molecular complexity index is 1020. The number of nitrogens with zero attached hydrogens (tertiary/aromatic N) is 4. The molecule has 0 radical (unpaired) electrons. The number of fused-ring (bicyclic) bond motifs is 3. The van der Waals surface area contributed by atoms with Crippen molar-refractivity contribution in [1.82, 2.24) is 19.4 Å². The normalized spacial score (nSPS) is 15.5. The van der Waals surface area contributed by atoms with Gasteiger partial charge in [0.15, 0.2) is 0 Å². The molecule has 1 N–H and O–H groups in total. The Morgan fingerprint density at radius 2 is 2.03 bits per heavy atom. The first-order chi connectivity index (χ1) is 14.6. The number of aryl methyl sites for hydroxylation is 1. The van der Waals surface area contributed by atoms with Crippen molar-refractivity contribution in [2.45, 2.75) is 53.0 Å². The van der Waals surface area contributed by atoms with Gasteiger partial charge in [-0.3, -0.25) is 14.9 Å². The number of rotatable bonds is 6. The fourth-order valence-corrected chi connectivity index (χ4v) is 4.79. The molecule has 0 spiro atoms. The van der Waals surface area contributed by atoms with Gasteiger partial charge >= 0.3 is 0 Å². The first kappa shape index (κ1) is 22.0. The molecule has 4 rings (SSSR count). The second-order valence-corrected chi connectivity index (χ2v) is 8.29. The molecular formula is C22H31N5O2S. The summed E-state index contributed by atoms with van der Waals surface area (Å²) < 4.78 is 3.27. The molecular weight excluding hydrogens is 398 g/mol. The summed E-state index contributed by atoms with van der Waals surface area (Å²) in [6.07, 6.45) is 6.56. The average Bonchev–Trinajstić information content (AvgIpc) is 3.30. The molecule has 0 fully saturated rings. The molecule has 1 aliphatic heterocycles. The molecule has 162 valence electrons. The highest BCUT2D eigenvalue weighted by Gasteiger charge is 2.32. The zero-order chi connectivity index (χ0) is 21.7. The van der Waals surface area contributed by atoms with E-state index in [4.69, 9.17) is 0 Å². The Hall–Kier alpha value is -2.74. The number of hydrogen-bond acceptors (Lipinski definition) is 5. The van der Waals surface area contributed by atoms with Crippen LogP contribution in [0.3, 0.4) is 0 Å². The smallest absolute Gasteiger partial charge is 0.271 e. The second kappa shape index (κ2) is 9.84. The fourth-order valence-electron chi connectivity index (χ4n) is 3.66. The first-order valence-electron chi connectivity index (χ1n) is 10.6. The summed E-state index contributed by atoms with van der Waals surface area (Å²) in [6.45, 7) is 8.77. The molecule has 0 aromatic carbocycles. The van der Waals surface area contributed by atoms with Crippen LogP contribution in [-0.4, -0.2) is 44.3 Å². The molecule has 0 unspecified atom stereocenters. The Morgan fingerprint density at radius 3 is 2.73 bits per heavy atom. The minimum absolute atomic E-state index is 0. The SMILES string of the molecule is CC.CCCCc1cc2c(cc3n2[C@H](C)CN(CC(=O)Nc2ncccn2)C3=O)s1.[HH]. The zero-order valence-corrected chi connectivity index (χ0v) is 18.8. The molecule has 1 atom stereocenters. The van der Waals surface area contributed by atoms with Crippen LogP contribution in [0.2, 0.25) is 0 Å². The van der Waals surface area contributed by atoms with Gasteiger partial charge in [0, 0.05) is 31.3 Å². The summed E-state index contributed by atoms with van der Waals surface area (Å²) in [5.74, 6) is -0.162. The van der Waals surface area contributed by atoms with E-state index in [1.807, 2.05) is 19.9 Å². The largest absolute Gasteiger partial charge is 0.331 e. The molecule has 30 heavy (non-hydrogen) atoms. The van der Waals surface area contributed by atoms with Crippen LogP contribution in [0.15, 0.2) is 30.6 Å². The number of carbonyl (C=O) groups is 2. The van der Waals surface area contributed by atoms with Crippen LogP contribution in [0.5, 0.6) is 0 Å². The van der Waals surface area contributed by atoms with Crippen LogP contribution in [0, 0.1) is 0 Å². The molecule has 0 bridgehead atoms. The van der Waals surface area contributed by atoms with E-state index in [1.54, 1.807) is 34.7 Å². The van der Waals surface area contributed by atoms with E-state index in [0.29, 0.717) is 12.2 Å². The van der Waals surface area contributed by atoms with Crippen molar-refractivity contribution >= 4 is 39.3 Å². The molecule has 3 aromatic rings. The van der Waals surface area contributed by atoms with Gasteiger partial charge in [0.1, 0.15) is 12.2 Å². The van der Waals surface area contributed by atoms with Crippen molar-refractivity contribution < 1.29 is 11.0 Å². The summed E-state index contributed by atoms with van der Waals surface area (Å²) >= 11 is 1.76. The standard InChI is InChI=1S/C20H23N5O2S.C2H6.H2/c1-3-4-6-14-9-15-17(28-14)10-16-19(27)24(11-13(2)25(15)16)12-18(26)23-20-21-7-5-8-22-20;1-2;/h5,7-10,13H,3-4,6,11-12H2,1-2H3,(H,21,22,23,26);1-2H3;1H/t13-;;/m1../s1. The third kappa shape index (κ3) is 4.53. The van der Waals surface area contributed by atoms with E-state index in [2.05, 4.69) is 39.8 Å². The zero-order valence-electron chi connectivity index (χ0n) is 18.0. The van der Waals surface area contributed by atoms with Gasteiger partial charge in [0.2, 0.25) is 11.9 Å². The number of thiophene rings is 1. The maximum absolute atomic E-state index is 13.0. The third-order valence-corrected chi connectivity index (χ3v) is 6.07. The number of nitrogens with one attached hydrogen (secondary N) is 1. The van der Waals surface area contributed by atoms with E-state index in [1.165, 1.54) is 17.7 Å². The summed E-state index contributed by atoms with van der Waals surface area (Å²) in [5, 5.41) is 2.64. The molecule has 4 heterocycles. The minimum atomic E-state index is -0.296. The lowest BCUT2D eigenvalue weighted by Gasteiger charge is -2.32. The second-order valence-electron chi connectivity index (χ2n) is 7.12. The number of aromatic nitrogens is 3. The molecule has 3 aromatic heterocycles. The van der Waals surface area contributed by atoms with E-state index >= 15 is 0 Å². The maximum atomic E-state index is 13.0. The van der Waals surface area contributed by atoms with Crippen molar-refractivity contribution in [2.24, 2.45) is 0 Å². The lowest BCUT2D eigenvalue weighted by Crippen LogP contribution is -2.45. The predicted octanol–water partition coefficient (Wildman–Crippen LogP) is 4.76. The molecule has 1 aliphatic rings. The Balaban J connectivity index is 0.00000111. The summed E-state index contributed by atoms with van der Waals surface area (Å²) in [7, 11) is 0. The highest BCUT2D eigenvalue weighted by atomic mass is 32.1. The van der Waals surface area contributed by atoms with Gasteiger partial charge < -0.3 is 9.47 Å². The quantitative estimate of drug-likeness (QED) is 0.612. The van der Waals surface area contributed by atoms with Gasteiger partial charge in [-0.2, -0.15) is 0 Å². The van der Waals surface area contributed by atoms with Crippen LogP contribution in [-0.2, 0) is 11.2 Å². The van der Waals surface area contributed by atoms with E-state index in [9.17, 15) is 9.59 Å². The maximum Gasteiger partial charge on any atom is 0.271 e. The van der Waals surface area contributed by atoms with Crippen LogP contribution < -0.4 is 5.32 Å². The highest BCUT2D eigenvalue weighted by Crippen LogP contribution is 2.35. The number of amides is 2. The number of hydrogen-bond donors (Lipinski definition) is 1. The van der Waals surface area contributed by atoms with Crippen molar-refractivity contribution in [1.29, 1.82) is 0 Å². The van der Waals surface area contributed by atoms with Gasteiger partial charge in [-0.05, 0) is 38.0 Å². The van der Waals surface area contributed by atoms with E-state index in [-0.39, 0.29) is 31.8 Å². The lowest BCUT2D eigenvalue weighted by molar-refractivity contribution is -0.117. The summed E-state index contributed by atoms with van der Waals surface area (Å²) in [4.78, 5) is 36.2. The molecule has 0 saturated heterocycles. The molecule has 0 saturated carbocycles. The Labute approximate surface area is 182 Å². The number of unbranched alkanes of at least 4 members (excludes halogenated alkanes) is 1. The fraction of sp³-hybridized carbons (Fsp3) is 0.455. The monoisotopic (exact) mass is 429 g/mol. The van der Waals surface area contributed by atoms with Crippen LogP contribution in [0.25, 0.3) is 10.2 Å². The van der Waals surface area contributed by atoms with Gasteiger partial charge in [0.25, 0.3) is 5.91 Å².